The van der Waals surface area contributed by atoms with E-state index in [1.807, 2.05) is 24.3 Å². The van der Waals surface area contributed by atoms with Crippen molar-refractivity contribution in [2.75, 3.05) is 0 Å². The van der Waals surface area contributed by atoms with Gasteiger partial charge < -0.3 is 11.1 Å². The zero-order chi connectivity index (χ0) is 13.7. The minimum atomic E-state index is 0.113. The van der Waals surface area contributed by atoms with Crippen LogP contribution in [-0.4, -0.2) is 11.9 Å². The molecule has 0 saturated heterocycles. The SMILES string of the molecule is NC1CCCCC1CC(=O)NCc1cccc(Br)c1. The van der Waals surface area contributed by atoms with Crippen LogP contribution in [0.2, 0.25) is 0 Å². The van der Waals surface area contributed by atoms with Crippen molar-refractivity contribution in [1.82, 2.24) is 5.32 Å². The largest absolute Gasteiger partial charge is 0.352 e. The highest BCUT2D eigenvalue weighted by atomic mass is 79.9. The van der Waals surface area contributed by atoms with Gasteiger partial charge in [0, 0.05) is 23.5 Å². The molecule has 0 radical (unpaired) electrons. The van der Waals surface area contributed by atoms with E-state index in [1.54, 1.807) is 0 Å². The lowest BCUT2D eigenvalue weighted by atomic mass is 9.83. The molecule has 104 valence electrons. The summed E-state index contributed by atoms with van der Waals surface area (Å²) in [5.41, 5.74) is 7.18. The standard InChI is InChI=1S/C15H21BrN2O/c16-13-6-3-4-11(8-13)10-18-15(19)9-12-5-1-2-7-14(12)17/h3-4,6,8,12,14H,1-2,5,7,9-10,17H2,(H,18,19). The Morgan fingerprint density at radius 1 is 1.37 bits per heavy atom. The van der Waals surface area contributed by atoms with Crippen LogP contribution >= 0.6 is 15.9 Å². The second-order valence-corrected chi connectivity index (χ2v) is 6.23. The maximum Gasteiger partial charge on any atom is 0.220 e. The smallest absolute Gasteiger partial charge is 0.220 e. The summed E-state index contributed by atoms with van der Waals surface area (Å²) in [6, 6.07) is 8.18. The monoisotopic (exact) mass is 324 g/mol. The predicted octanol–water partition coefficient (Wildman–Crippen LogP) is 2.97. The molecule has 1 aromatic carbocycles. The fraction of sp³-hybridized carbons (Fsp3) is 0.533. The number of nitrogens with one attached hydrogen (secondary N) is 1. The first-order chi connectivity index (χ1) is 9.15. The molecule has 0 aromatic heterocycles. The number of hydrogen-bond donors (Lipinski definition) is 2. The highest BCUT2D eigenvalue weighted by Gasteiger charge is 2.23. The molecule has 1 aliphatic carbocycles. The highest BCUT2D eigenvalue weighted by Crippen LogP contribution is 2.25. The van der Waals surface area contributed by atoms with Crippen molar-refractivity contribution in [3.8, 4) is 0 Å². The number of carbonyl (C=O) groups excluding carboxylic acids is 1. The number of nitrogens with two attached hydrogens (primary N) is 1. The first-order valence-electron chi connectivity index (χ1n) is 6.92. The van der Waals surface area contributed by atoms with Crippen LogP contribution in [0.5, 0.6) is 0 Å². The van der Waals surface area contributed by atoms with Crippen molar-refractivity contribution in [2.24, 2.45) is 11.7 Å². The Morgan fingerprint density at radius 3 is 2.89 bits per heavy atom. The van der Waals surface area contributed by atoms with Gasteiger partial charge in [-0.3, -0.25) is 4.79 Å². The molecule has 0 heterocycles. The average molecular weight is 325 g/mol. The van der Waals surface area contributed by atoms with Crippen LogP contribution in [0.3, 0.4) is 0 Å². The number of carbonyl (C=O) groups is 1. The molecule has 1 amide bonds. The van der Waals surface area contributed by atoms with Crippen LogP contribution in [0.1, 0.15) is 37.7 Å². The summed E-state index contributed by atoms with van der Waals surface area (Å²) >= 11 is 3.43. The zero-order valence-electron chi connectivity index (χ0n) is 11.1. The topological polar surface area (TPSA) is 55.1 Å². The van der Waals surface area contributed by atoms with Crippen molar-refractivity contribution in [1.29, 1.82) is 0 Å². The fourth-order valence-electron chi connectivity index (χ4n) is 2.65. The molecule has 0 bridgehead atoms. The Bertz CT molecular complexity index is 436. The van der Waals surface area contributed by atoms with Crippen LogP contribution in [0.4, 0.5) is 0 Å². The van der Waals surface area contributed by atoms with Crippen LogP contribution < -0.4 is 11.1 Å². The van der Waals surface area contributed by atoms with Crippen LogP contribution in [0, 0.1) is 5.92 Å². The summed E-state index contributed by atoms with van der Waals surface area (Å²) in [6.07, 6.45) is 5.12. The van der Waals surface area contributed by atoms with E-state index >= 15 is 0 Å². The average Bonchev–Trinajstić information content (AvgIpc) is 2.39. The number of rotatable bonds is 4. The quantitative estimate of drug-likeness (QED) is 0.894. The summed E-state index contributed by atoms with van der Waals surface area (Å²) in [6.45, 7) is 0.584. The number of hydrogen-bond acceptors (Lipinski definition) is 2. The maximum absolute atomic E-state index is 11.9. The molecule has 0 aliphatic heterocycles. The molecule has 0 spiro atoms. The van der Waals surface area contributed by atoms with Gasteiger partial charge in [-0.2, -0.15) is 0 Å². The molecule has 19 heavy (non-hydrogen) atoms. The fourth-order valence-corrected chi connectivity index (χ4v) is 3.09. The summed E-state index contributed by atoms with van der Waals surface area (Å²) < 4.78 is 1.04. The maximum atomic E-state index is 11.9. The lowest BCUT2D eigenvalue weighted by Crippen LogP contribution is -2.36. The molecular formula is C15H21BrN2O. The van der Waals surface area contributed by atoms with Crippen molar-refractivity contribution < 1.29 is 4.79 Å². The number of benzene rings is 1. The molecular weight excluding hydrogens is 304 g/mol. The molecule has 1 aliphatic rings. The van der Waals surface area contributed by atoms with Gasteiger partial charge in [0.15, 0.2) is 0 Å². The van der Waals surface area contributed by atoms with Gasteiger partial charge in [-0.25, -0.2) is 0 Å². The van der Waals surface area contributed by atoms with Gasteiger partial charge in [0.05, 0.1) is 0 Å². The van der Waals surface area contributed by atoms with E-state index in [9.17, 15) is 4.79 Å². The molecule has 1 aromatic rings. The molecule has 1 saturated carbocycles. The Labute approximate surface area is 123 Å². The lowest BCUT2D eigenvalue weighted by Gasteiger charge is -2.27. The summed E-state index contributed by atoms with van der Waals surface area (Å²) in [5.74, 6) is 0.471. The molecule has 2 atom stereocenters. The van der Waals surface area contributed by atoms with E-state index in [1.165, 1.54) is 12.8 Å². The van der Waals surface area contributed by atoms with Crippen molar-refractivity contribution in [3.05, 3.63) is 34.3 Å². The van der Waals surface area contributed by atoms with Crippen molar-refractivity contribution in [2.45, 2.75) is 44.7 Å². The Hall–Kier alpha value is -0.870. The molecule has 1 fully saturated rings. The Balaban J connectivity index is 1.78. The predicted molar refractivity (Wildman–Crippen MR) is 80.5 cm³/mol. The summed E-state index contributed by atoms with van der Waals surface area (Å²) in [4.78, 5) is 11.9. The van der Waals surface area contributed by atoms with Gasteiger partial charge in [-0.1, -0.05) is 40.9 Å². The van der Waals surface area contributed by atoms with E-state index in [-0.39, 0.29) is 11.9 Å². The lowest BCUT2D eigenvalue weighted by molar-refractivity contribution is -0.122. The van der Waals surface area contributed by atoms with Gasteiger partial charge in [-0.15, -0.1) is 0 Å². The summed E-state index contributed by atoms with van der Waals surface area (Å²) in [5, 5.41) is 2.98. The third kappa shape index (κ3) is 4.62. The molecule has 2 unspecified atom stereocenters. The minimum absolute atomic E-state index is 0.113. The number of halogens is 1. The normalized spacial score (nSPS) is 23.1. The van der Waals surface area contributed by atoms with E-state index in [0.717, 1.165) is 22.9 Å². The summed E-state index contributed by atoms with van der Waals surface area (Å²) in [7, 11) is 0. The zero-order valence-corrected chi connectivity index (χ0v) is 12.7. The molecule has 2 rings (SSSR count). The van der Waals surface area contributed by atoms with Gasteiger partial charge in [0.1, 0.15) is 0 Å². The third-order valence-corrected chi connectivity index (χ3v) is 4.29. The van der Waals surface area contributed by atoms with E-state index in [2.05, 4.69) is 21.2 Å². The molecule has 3 nitrogen and oxygen atoms in total. The molecule has 4 heteroatoms. The number of amides is 1. The van der Waals surface area contributed by atoms with E-state index in [4.69, 9.17) is 5.73 Å². The first-order valence-corrected chi connectivity index (χ1v) is 7.71. The van der Waals surface area contributed by atoms with Crippen LogP contribution in [-0.2, 0) is 11.3 Å². The second-order valence-electron chi connectivity index (χ2n) is 5.32. The Kier molecular flexibility index (Phi) is 5.40. The molecule has 3 N–H and O–H groups in total. The first kappa shape index (κ1) is 14.5. The Morgan fingerprint density at radius 2 is 2.16 bits per heavy atom. The van der Waals surface area contributed by atoms with Crippen LogP contribution in [0.25, 0.3) is 0 Å². The van der Waals surface area contributed by atoms with Gasteiger partial charge >= 0.3 is 0 Å². The van der Waals surface area contributed by atoms with Crippen LogP contribution in [0.15, 0.2) is 28.7 Å². The van der Waals surface area contributed by atoms with E-state index < -0.39 is 0 Å². The van der Waals surface area contributed by atoms with Crippen molar-refractivity contribution in [3.63, 3.8) is 0 Å². The van der Waals surface area contributed by atoms with Gasteiger partial charge in [-0.05, 0) is 36.5 Å². The van der Waals surface area contributed by atoms with Gasteiger partial charge in [0.25, 0.3) is 0 Å². The van der Waals surface area contributed by atoms with Crippen molar-refractivity contribution >= 4 is 21.8 Å². The van der Waals surface area contributed by atoms with Gasteiger partial charge in [0.2, 0.25) is 5.91 Å². The van der Waals surface area contributed by atoms with E-state index in [0.29, 0.717) is 18.9 Å². The second kappa shape index (κ2) is 7.06. The minimum Gasteiger partial charge on any atom is -0.352 e. The third-order valence-electron chi connectivity index (χ3n) is 3.79. The highest BCUT2D eigenvalue weighted by molar-refractivity contribution is 9.10.